The van der Waals surface area contributed by atoms with Crippen molar-refractivity contribution in [1.29, 1.82) is 0 Å². The van der Waals surface area contributed by atoms with Crippen LogP contribution in [-0.2, 0) is 6.61 Å². The van der Waals surface area contributed by atoms with Gasteiger partial charge in [0.25, 0.3) is 0 Å². The second-order valence-electron chi connectivity index (χ2n) is 4.66. The Morgan fingerprint density at radius 2 is 2.05 bits per heavy atom. The zero-order valence-corrected chi connectivity index (χ0v) is 11.4. The third-order valence-electron chi connectivity index (χ3n) is 3.33. The molecule has 1 aliphatic heterocycles. The predicted octanol–water partition coefficient (Wildman–Crippen LogP) is 3.45. The molecule has 0 aromatic heterocycles. The van der Waals surface area contributed by atoms with Gasteiger partial charge < -0.3 is 9.84 Å². The lowest BCUT2D eigenvalue weighted by molar-refractivity contribution is 0.277. The maximum absolute atomic E-state index is 9.11. The fraction of sp³-hybridized carbons (Fsp3) is 0.250. The van der Waals surface area contributed by atoms with Gasteiger partial charge in [0, 0.05) is 16.6 Å². The van der Waals surface area contributed by atoms with E-state index >= 15 is 0 Å². The molecule has 0 fully saturated rings. The SMILES string of the molecule is OCc1cccc(OCC2CSc3ccccc32)c1. The maximum Gasteiger partial charge on any atom is 0.119 e. The standard InChI is InChI=1S/C16H16O2S/c17-9-12-4-3-5-14(8-12)18-10-13-11-19-16-7-2-1-6-15(13)16/h1-8,13,17H,9-11H2. The van der Waals surface area contributed by atoms with E-state index in [0.29, 0.717) is 12.5 Å². The Morgan fingerprint density at radius 3 is 2.95 bits per heavy atom. The van der Waals surface area contributed by atoms with E-state index in [1.165, 1.54) is 10.5 Å². The van der Waals surface area contributed by atoms with Crippen molar-refractivity contribution >= 4 is 11.8 Å². The van der Waals surface area contributed by atoms with Crippen LogP contribution in [0.5, 0.6) is 5.75 Å². The summed E-state index contributed by atoms with van der Waals surface area (Å²) < 4.78 is 5.86. The number of hydrogen-bond acceptors (Lipinski definition) is 3. The van der Waals surface area contributed by atoms with Gasteiger partial charge in [-0.15, -0.1) is 11.8 Å². The van der Waals surface area contributed by atoms with Crippen molar-refractivity contribution in [2.45, 2.75) is 17.4 Å². The van der Waals surface area contributed by atoms with Crippen molar-refractivity contribution in [2.75, 3.05) is 12.4 Å². The van der Waals surface area contributed by atoms with E-state index < -0.39 is 0 Å². The molecule has 2 nitrogen and oxygen atoms in total. The minimum absolute atomic E-state index is 0.0549. The Balaban J connectivity index is 1.67. The number of benzene rings is 2. The first kappa shape index (κ1) is 12.6. The van der Waals surface area contributed by atoms with Crippen molar-refractivity contribution in [3.63, 3.8) is 0 Å². The molecule has 1 atom stereocenters. The van der Waals surface area contributed by atoms with Gasteiger partial charge in [0.1, 0.15) is 5.75 Å². The third-order valence-corrected chi connectivity index (χ3v) is 4.58. The van der Waals surface area contributed by atoms with E-state index in [0.717, 1.165) is 17.1 Å². The quantitative estimate of drug-likeness (QED) is 0.924. The van der Waals surface area contributed by atoms with Gasteiger partial charge in [-0.1, -0.05) is 30.3 Å². The Bertz CT molecular complexity index is 568. The molecule has 19 heavy (non-hydrogen) atoms. The molecule has 0 spiro atoms. The Morgan fingerprint density at radius 1 is 1.16 bits per heavy atom. The van der Waals surface area contributed by atoms with Crippen LogP contribution in [0.4, 0.5) is 0 Å². The number of hydrogen-bond donors (Lipinski definition) is 1. The molecule has 1 aliphatic rings. The molecule has 0 saturated heterocycles. The van der Waals surface area contributed by atoms with Crippen molar-refractivity contribution in [2.24, 2.45) is 0 Å². The highest BCUT2D eigenvalue weighted by atomic mass is 32.2. The molecule has 2 aromatic carbocycles. The van der Waals surface area contributed by atoms with Crippen LogP contribution >= 0.6 is 11.8 Å². The molecule has 98 valence electrons. The maximum atomic E-state index is 9.11. The van der Waals surface area contributed by atoms with Crippen LogP contribution in [0.3, 0.4) is 0 Å². The second kappa shape index (κ2) is 5.68. The molecule has 2 aromatic rings. The van der Waals surface area contributed by atoms with E-state index in [4.69, 9.17) is 9.84 Å². The number of rotatable bonds is 4. The Hall–Kier alpha value is -1.45. The number of aliphatic hydroxyl groups excluding tert-OH is 1. The van der Waals surface area contributed by atoms with Crippen LogP contribution in [0.2, 0.25) is 0 Å². The van der Waals surface area contributed by atoms with Gasteiger partial charge in [-0.3, -0.25) is 0 Å². The molecule has 1 heterocycles. The fourth-order valence-corrected chi connectivity index (χ4v) is 3.53. The summed E-state index contributed by atoms with van der Waals surface area (Å²) in [5.74, 6) is 2.37. The van der Waals surface area contributed by atoms with Crippen LogP contribution < -0.4 is 4.74 Å². The zero-order chi connectivity index (χ0) is 13.1. The second-order valence-corrected chi connectivity index (χ2v) is 5.72. The molecule has 3 heteroatoms. The molecule has 0 aliphatic carbocycles. The largest absolute Gasteiger partial charge is 0.493 e. The molecule has 0 radical (unpaired) electrons. The van der Waals surface area contributed by atoms with Crippen LogP contribution in [-0.4, -0.2) is 17.5 Å². The lowest BCUT2D eigenvalue weighted by Crippen LogP contribution is -2.09. The zero-order valence-electron chi connectivity index (χ0n) is 10.6. The Kier molecular flexibility index (Phi) is 3.76. The third kappa shape index (κ3) is 2.77. The van der Waals surface area contributed by atoms with Gasteiger partial charge in [0.2, 0.25) is 0 Å². The van der Waals surface area contributed by atoms with Crippen molar-refractivity contribution in [3.8, 4) is 5.75 Å². The number of thioether (sulfide) groups is 1. The Labute approximate surface area is 117 Å². The van der Waals surface area contributed by atoms with Crippen molar-refractivity contribution < 1.29 is 9.84 Å². The minimum Gasteiger partial charge on any atom is -0.493 e. The molecule has 3 rings (SSSR count). The van der Waals surface area contributed by atoms with Gasteiger partial charge in [-0.05, 0) is 29.3 Å². The monoisotopic (exact) mass is 272 g/mol. The van der Waals surface area contributed by atoms with E-state index in [-0.39, 0.29) is 6.61 Å². The van der Waals surface area contributed by atoms with E-state index in [1.54, 1.807) is 0 Å². The van der Waals surface area contributed by atoms with Gasteiger partial charge in [-0.2, -0.15) is 0 Å². The summed E-state index contributed by atoms with van der Waals surface area (Å²) in [6, 6.07) is 16.2. The van der Waals surface area contributed by atoms with E-state index in [9.17, 15) is 0 Å². The normalized spacial score (nSPS) is 17.2. The van der Waals surface area contributed by atoms with Crippen LogP contribution in [0.1, 0.15) is 17.0 Å². The summed E-state index contributed by atoms with van der Waals surface area (Å²) >= 11 is 1.90. The summed E-state index contributed by atoms with van der Waals surface area (Å²) in [7, 11) is 0. The van der Waals surface area contributed by atoms with Gasteiger partial charge in [0.05, 0.1) is 13.2 Å². The summed E-state index contributed by atoms with van der Waals surface area (Å²) in [5, 5.41) is 9.11. The van der Waals surface area contributed by atoms with Crippen molar-refractivity contribution in [1.82, 2.24) is 0 Å². The van der Waals surface area contributed by atoms with Crippen LogP contribution in [0.25, 0.3) is 0 Å². The first-order valence-corrected chi connectivity index (χ1v) is 7.39. The molecular formula is C16H16O2S. The van der Waals surface area contributed by atoms with Gasteiger partial charge in [-0.25, -0.2) is 0 Å². The molecule has 0 bridgehead atoms. The molecular weight excluding hydrogens is 256 g/mol. The number of aliphatic hydroxyl groups is 1. The van der Waals surface area contributed by atoms with Crippen LogP contribution in [0.15, 0.2) is 53.4 Å². The lowest BCUT2D eigenvalue weighted by atomic mass is 10.0. The van der Waals surface area contributed by atoms with Crippen LogP contribution in [0, 0.1) is 0 Å². The summed E-state index contributed by atoms with van der Waals surface area (Å²) in [6.45, 7) is 0.748. The highest BCUT2D eigenvalue weighted by Crippen LogP contribution is 2.39. The minimum atomic E-state index is 0.0549. The van der Waals surface area contributed by atoms with E-state index in [1.807, 2.05) is 36.0 Å². The highest BCUT2D eigenvalue weighted by molar-refractivity contribution is 7.99. The smallest absolute Gasteiger partial charge is 0.119 e. The summed E-state index contributed by atoms with van der Waals surface area (Å²) in [4.78, 5) is 1.38. The fourth-order valence-electron chi connectivity index (χ4n) is 2.30. The van der Waals surface area contributed by atoms with Crippen molar-refractivity contribution in [3.05, 3.63) is 59.7 Å². The average molecular weight is 272 g/mol. The molecule has 1 unspecified atom stereocenters. The van der Waals surface area contributed by atoms with E-state index in [2.05, 4.69) is 24.3 Å². The predicted molar refractivity (Wildman–Crippen MR) is 77.8 cm³/mol. The molecule has 0 saturated carbocycles. The first-order chi connectivity index (χ1) is 9.36. The first-order valence-electron chi connectivity index (χ1n) is 6.41. The van der Waals surface area contributed by atoms with Gasteiger partial charge >= 0.3 is 0 Å². The molecule has 1 N–H and O–H groups in total. The number of ether oxygens (including phenoxy) is 1. The average Bonchev–Trinajstić information content (AvgIpc) is 2.89. The topological polar surface area (TPSA) is 29.5 Å². The molecule has 0 amide bonds. The number of fused-ring (bicyclic) bond motifs is 1. The highest BCUT2D eigenvalue weighted by Gasteiger charge is 2.23. The van der Waals surface area contributed by atoms with Gasteiger partial charge in [0.15, 0.2) is 0 Å². The summed E-state index contributed by atoms with van der Waals surface area (Å²) in [6.07, 6.45) is 0. The lowest BCUT2D eigenvalue weighted by Gasteiger charge is -2.13. The summed E-state index contributed by atoms with van der Waals surface area (Å²) in [5.41, 5.74) is 2.28.